The van der Waals surface area contributed by atoms with Crippen LogP contribution in [-0.4, -0.2) is 27.7 Å². The number of rotatable bonds is 6. The summed E-state index contributed by atoms with van der Waals surface area (Å²) in [6, 6.07) is 0. The largest absolute Gasteiger partial charge is 0.392 e. The number of aliphatic hydroxyl groups is 2. The fourth-order valence-electron chi connectivity index (χ4n) is 2.51. The molecule has 1 saturated carbocycles. The molecular formula is C15H26O3. The van der Waals surface area contributed by atoms with Gasteiger partial charge in [0.1, 0.15) is 5.78 Å². The highest BCUT2D eigenvalue weighted by Gasteiger charge is 2.36. The molecule has 0 spiro atoms. The molecule has 1 fully saturated rings. The maximum Gasteiger partial charge on any atom is 0.138 e. The molecule has 4 atom stereocenters. The molecule has 1 aliphatic rings. The van der Waals surface area contributed by atoms with E-state index in [9.17, 15) is 15.0 Å². The lowest BCUT2D eigenvalue weighted by Gasteiger charge is -2.21. The number of hydrogen-bond donors (Lipinski definition) is 2. The van der Waals surface area contributed by atoms with E-state index in [2.05, 4.69) is 6.92 Å². The Labute approximate surface area is 110 Å². The predicted molar refractivity (Wildman–Crippen MR) is 72.2 cm³/mol. The molecular weight excluding hydrogens is 228 g/mol. The Morgan fingerprint density at radius 3 is 2.67 bits per heavy atom. The summed E-state index contributed by atoms with van der Waals surface area (Å²) in [5, 5.41) is 19.9. The molecule has 3 heteroatoms. The molecule has 0 heterocycles. The summed E-state index contributed by atoms with van der Waals surface area (Å²) in [4.78, 5) is 11.5. The van der Waals surface area contributed by atoms with Gasteiger partial charge >= 0.3 is 0 Å². The minimum Gasteiger partial charge on any atom is -0.392 e. The molecule has 0 aliphatic heterocycles. The molecule has 3 nitrogen and oxygen atoms in total. The first kappa shape index (κ1) is 15.4. The van der Waals surface area contributed by atoms with Crippen molar-refractivity contribution in [3.05, 3.63) is 12.2 Å². The highest BCUT2D eigenvalue weighted by Crippen LogP contribution is 2.30. The highest BCUT2D eigenvalue weighted by atomic mass is 16.3. The van der Waals surface area contributed by atoms with E-state index < -0.39 is 11.7 Å². The SMILES string of the molecule is CCCCC(C)(O)C/C=C/C1[C@H](O)CC(=O)[C@@H]1C. The maximum absolute atomic E-state index is 11.5. The van der Waals surface area contributed by atoms with Crippen molar-refractivity contribution in [2.75, 3.05) is 0 Å². The van der Waals surface area contributed by atoms with E-state index in [1.807, 2.05) is 26.0 Å². The van der Waals surface area contributed by atoms with Crippen LogP contribution in [-0.2, 0) is 4.79 Å². The summed E-state index contributed by atoms with van der Waals surface area (Å²) in [6.45, 7) is 5.81. The van der Waals surface area contributed by atoms with E-state index in [0.29, 0.717) is 6.42 Å². The zero-order chi connectivity index (χ0) is 13.8. The van der Waals surface area contributed by atoms with E-state index in [4.69, 9.17) is 0 Å². The summed E-state index contributed by atoms with van der Waals surface area (Å²) in [5.41, 5.74) is -0.677. The van der Waals surface area contributed by atoms with Crippen molar-refractivity contribution >= 4 is 5.78 Å². The Kier molecular flexibility index (Phi) is 5.54. The third kappa shape index (κ3) is 4.21. The number of aliphatic hydroxyl groups excluding tert-OH is 1. The Balaban J connectivity index is 2.47. The molecule has 104 valence electrons. The first-order valence-corrected chi connectivity index (χ1v) is 6.97. The quantitative estimate of drug-likeness (QED) is 0.716. The van der Waals surface area contributed by atoms with Crippen molar-refractivity contribution in [1.29, 1.82) is 0 Å². The van der Waals surface area contributed by atoms with Gasteiger partial charge in [0.25, 0.3) is 0 Å². The smallest absolute Gasteiger partial charge is 0.138 e. The van der Waals surface area contributed by atoms with Gasteiger partial charge in [-0.3, -0.25) is 4.79 Å². The summed E-state index contributed by atoms with van der Waals surface area (Å²) < 4.78 is 0. The maximum atomic E-state index is 11.5. The molecule has 0 amide bonds. The number of hydrogen-bond acceptors (Lipinski definition) is 3. The van der Waals surface area contributed by atoms with Crippen LogP contribution in [0.15, 0.2) is 12.2 Å². The third-order valence-electron chi connectivity index (χ3n) is 3.92. The van der Waals surface area contributed by atoms with E-state index >= 15 is 0 Å². The van der Waals surface area contributed by atoms with Crippen LogP contribution in [0.3, 0.4) is 0 Å². The first-order valence-electron chi connectivity index (χ1n) is 6.97. The molecule has 0 aromatic rings. The number of carbonyl (C=O) groups is 1. The van der Waals surface area contributed by atoms with Crippen molar-refractivity contribution in [1.82, 2.24) is 0 Å². The second kappa shape index (κ2) is 6.48. The average Bonchev–Trinajstić information content (AvgIpc) is 2.53. The van der Waals surface area contributed by atoms with E-state index in [1.165, 1.54) is 0 Å². The monoisotopic (exact) mass is 254 g/mol. The lowest BCUT2D eigenvalue weighted by atomic mass is 9.92. The van der Waals surface area contributed by atoms with Gasteiger partial charge in [-0.05, 0) is 19.8 Å². The van der Waals surface area contributed by atoms with Crippen LogP contribution in [0.25, 0.3) is 0 Å². The number of unbranched alkanes of at least 4 members (excludes halogenated alkanes) is 1. The molecule has 0 bridgehead atoms. The predicted octanol–water partition coefficient (Wildman–Crippen LogP) is 2.46. The van der Waals surface area contributed by atoms with Crippen molar-refractivity contribution in [2.24, 2.45) is 11.8 Å². The summed E-state index contributed by atoms with van der Waals surface area (Å²) in [5.74, 6) is -0.0498. The summed E-state index contributed by atoms with van der Waals surface area (Å²) in [6.07, 6.45) is 6.99. The molecule has 0 radical (unpaired) electrons. The van der Waals surface area contributed by atoms with Gasteiger partial charge in [0.15, 0.2) is 0 Å². The molecule has 1 rings (SSSR count). The normalized spacial score (nSPS) is 32.1. The molecule has 18 heavy (non-hydrogen) atoms. The number of ketones is 1. The van der Waals surface area contributed by atoms with Crippen molar-refractivity contribution in [2.45, 2.75) is 64.6 Å². The minimum absolute atomic E-state index is 0.0838. The zero-order valence-electron chi connectivity index (χ0n) is 11.7. The van der Waals surface area contributed by atoms with Gasteiger partial charge in [-0.1, -0.05) is 38.8 Å². The lowest BCUT2D eigenvalue weighted by molar-refractivity contribution is -0.120. The van der Waals surface area contributed by atoms with Crippen LogP contribution in [0, 0.1) is 11.8 Å². The van der Waals surface area contributed by atoms with E-state index in [0.717, 1.165) is 19.3 Å². The topological polar surface area (TPSA) is 57.5 Å². The molecule has 1 aliphatic carbocycles. The van der Waals surface area contributed by atoms with Crippen LogP contribution in [0.5, 0.6) is 0 Å². The van der Waals surface area contributed by atoms with Crippen molar-refractivity contribution in [3.8, 4) is 0 Å². The molecule has 2 N–H and O–H groups in total. The first-order chi connectivity index (χ1) is 8.37. The summed E-state index contributed by atoms with van der Waals surface area (Å²) >= 11 is 0. The van der Waals surface area contributed by atoms with E-state index in [1.54, 1.807) is 0 Å². The second-order valence-corrected chi connectivity index (χ2v) is 5.84. The van der Waals surface area contributed by atoms with Crippen LogP contribution in [0.1, 0.15) is 52.9 Å². The Morgan fingerprint density at radius 1 is 1.50 bits per heavy atom. The van der Waals surface area contributed by atoms with Gasteiger partial charge in [-0.25, -0.2) is 0 Å². The summed E-state index contributed by atoms with van der Waals surface area (Å²) in [7, 11) is 0. The van der Waals surface area contributed by atoms with Crippen LogP contribution in [0.4, 0.5) is 0 Å². The van der Waals surface area contributed by atoms with Gasteiger partial charge in [0, 0.05) is 18.3 Å². The fourth-order valence-corrected chi connectivity index (χ4v) is 2.51. The standard InChI is InChI=1S/C15H26O3/c1-4-5-8-15(3,18)9-6-7-12-11(2)13(16)10-14(12)17/h6-7,11-12,14,17-18H,4-5,8-10H2,1-3H3/b7-6+/t11-,12?,14-,15?/m1/s1. The highest BCUT2D eigenvalue weighted by molar-refractivity contribution is 5.84. The third-order valence-corrected chi connectivity index (χ3v) is 3.92. The van der Waals surface area contributed by atoms with Crippen molar-refractivity contribution < 1.29 is 15.0 Å². The molecule has 0 aromatic carbocycles. The van der Waals surface area contributed by atoms with Gasteiger partial charge in [0.2, 0.25) is 0 Å². The number of carbonyl (C=O) groups excluding carboxylic acids is 1. The average molecular weight is 254 g/mol. The lowest BCUT2D eigenvalue weighted by Crippen LogP contribution is -2.23. The molecule has 0 aromatic heterocycles. The zero-order valence-corrected chi connectivity index (χ0v) is 11.7. The van der Waals surface area contributed by atoms with Gasteiger partial charge < -0.3 is 10.2 Å². The Morgan fingerprint density at radius 2 is 2.17 bits per heavy atom. The fraction of sp³-hybridized carbons (Fsp3) is 0.800. The van der Waals surface area contributed by atoms with Gasteiger partial charge in [-0.2, -0.15) is 0 Å². The molecule has 0 saturated heterocycles. The van der Waals surface area contributed by atoms with E-state index in [-0.39, 0.29) is 24.0 Å². The number of Topliss-reactive ketones (excluding diaryl/α,β-unsaturated/α-hetero) is 1. The Bertz CT molecular complexity index is 307. The van der Waals surface area contributed by atoms with Crippen molar-refractivity contribution in [3.63, 3.8) is 0 Å². The Hall–Kier alpha value is -0.670. The molecule has 2 unspecified atom stereocenters. The second-order valence-electron chi connectivity index (χ2n) is 5.84. The van der Waals surface area contributed by atoms with Crippen LogP contribution < -0.4 is 0 Å². The minimum atomic E-state index is -0.677. The van der Waals surface area contributed by atoms with Crippen LogP contribution in [0.2, 0.25) is 0 Å². The van der Waals surface area contributed by atoms with Gasteiger partial charge in [0.05, 0.1) is 11.7 Å². The van der Waals surface area contributed by atoms with Crippen LogP contribution >= 0.6 is 0 Å². The van der Waals surface area contributed by atoms with Gasteiger partial charge in [-0.15, -0.1) is 0 Å².